The third-order valence-electron chi connectivity index (χ3n) is 4.88. The molecular formula is C25H29FO3. The second-order valence-corrected chi connectivity index (χ2v) is 7.32. The Bertz CT molecular complexity index is 882. The third kappa shape index (κ3) is 6.41. The fraction of sp³-hybridized carbons (Fsp3) is 0.280. The maximum Gasteiger partial charge on any atom is 0.165 e. The van der Waals surface area contributed by atoms with Crippen LogP contribution in [0.15, 0.2) is 72.3 Å². The number of aliphatic hydroxyl groups excluding tert-OH is 2. The van der Waals surface area contributed by atoms with E-state index in [9.17, 15) is 19.7 Å². The van der Waals surface area contributed by atoms with Gasteiger partial charge in [0.2, 0.25) is 0 Å². The molecule has 0 spiro atoms. The van der Waals surface area contributed by atoms with Crippen molar-refractivity contribution in [1.29, 1.82) is 0 Å². The summed E-state index contributed by atoms with van der Waals surface area (Å²) in [6.07, 6.45) is 3.67. The van der Waals surface area contributed by atoms with Gasteiger partial charge < -0.3 is 15.3 Å². The molecule has 2 aromatic rings. The molecule has 0 bridgehead atoms. The zero-order chi connectivity index (χ0) is 21.4. The molecule has 4 heteroatoms. The molecule has 0 radical (unpaired) electrons. The van der Waals surface area contributed by atoms with Crippen LogP contribution in [0.2, 0.25) is 0 Å². The molecule has 1 unspecified atom stereocenters. The number of benzene rings is 2. The van der Waals surface area contributed by atoms with E-state index in [1.807, 2.05) is 50.3 Å². The van der Waals surface area contributed by atoms with Gasteiger partial charge in [-0.25, -0.2) is 4.39 Å². The number of halogens is 1. The fourth-order valence-electron chi connectivity index (χ4n) is 3.13. The van der Waals surface area contributed by atoms with Crippen molar-refractivity contribution < 1.29 is 19.7 Å². The Kier molecular flexibility index (Phi) is 8.37. The van der Waals surface area contributed by atoms with Crippen molar-refractivity contribution in [2.75, 3.05) is 6.61 Å². The Morgan fingerprint density at radius 2 is 1.83 bits per heavy atom. The normalized spacial score (nSPS) is 13.6. The molecule has 0 aliphatic heterocycles. The van der Waals surface area contributed by atoms with Gasteiger partial charge in [0.15, 0.2) is 11.6 Å². The SMILES string of the molecule is C=C(/C(=C/CO)C(O)CC/C(=C/c1ccc(O)c(F)c1)c1ccccc1)C(C)C. The average molecular weight is 397 g/mol. The van der Waals surface area contributed by atoms with E-state index in [1.54, 1.807) is 12.1 Å². The minimum absolute atomic E-state index is 0.159. The summed E-state index contributed by atoms with van der Waals surface area (Å²) in [5.74, 6) is -0.899. The Hall–Kier alpha value is -2.69. The molecule has 0 saturated carbocycles. The second-order valence-electron chi connectivity index (χ2n) is 7.32. The van der Waals surface area contributed by atoms with Gasteiger partial charge in [0.25, 0.3) is 0 Å². The minimum atomic E-state index is -0.763. The molecule has 3 nitrogen and oxygen atoms in total. The van der Waals surface area contributed by atoms with Gasteiger partial charge in [-0.15, -0.1) is 0 Å². The van der Waals surface area contributed by atoms with Crippen molar-refractivity contribution >= 4 is 11.6 Å². The summed E-state index contributed by atoms with van der Waals surface area (Å²) in [7, 11) is 0. The minimum Gasteiger partial charge on any atom is -0.505 e. The highest BCUT2D eigenvalue weighted by Crippen LogP contribution is 2.29. The molecule has 0 aliphatic rings. The van der Waals surface area contributed by atoms with E-state index >= 15 is 0 Å². The molecule has 2 rings (SSSR count). The third-order valence-corrected chi connectivity index (χ3v) is 4.88. The largest absolute Gasteiger partial charge is 0.505 e. The van der Waals surface area contributed by atoms with Crippen LogP contribution in [0.1, 0.15) is 37.8 Å². The van der Waals surface area contributed by atoms with E-state index < -0.39 is 11.9 Å². The van der Waals surface area contributed by atoms with Gasteiger partial charge >= 0.3 is 0 Å². The van der Waals surface area contributed by atoms with Gasteiger partial charge in [-0.05, 0) is 58.7 Å². The van der Waals surface area contributed by atoms with E-state index in [0.29, 0.717) is 24.0 Å². The standard InChI is InChI=1S/C25H29FO3/c1-17(2)18(3)22(13-14-27)24(28)12-10-21(20-7-5-4-6-8-20)15-19-9-11-25(29)23(26)16-19/h4-9,11,13,15-17,24,27-29H,3,10,12,14H2,1-2H3/b21-15-,22-13-. The van der Waals surface area contributed by atoms with Crippen molar-refractivity contribution in [1.82, 2.24) is 0 Å². The molecule has 0 fully saturated rings. The molecule has 0 aromatic heterocycles. The first kappa shape index (κ1) is 22.6. The summed E-state index contributed by atoms with van der Waals surface area (Å²) in [5.41, 5.74) is 4.01. The Morgan fingerprint density at radius 1 is 1.14 bits per heavy atom. The van der Waals surface area contributed by atoms with Crippen LogP contribution < -0.4 is 0 Å². The van der Waals surface area contributed by atoms with E-state index in [4.69, 9.17) is 0 Å². The lowest BCUT2D eigenvalue weighted by atomic mass is 9.89. The van der Waals surface area contributed by atoms with Crippen LogP contribution in [0.5, 0.6) is 5.75 Å². The maximum absolute atomic E-state index is 13.7. The highest BCUT2D eigenvalue weighted by Gasteiger charge is 2.17. The highest BCUT2D eigenvalue weighted by molar-refractivity contribution is 5.81. The maximum atomic E-state index is 13.7. The molecule has 29 heavy (non-hydrogen) atoms. The van der Waals surface area contributed by atoms with E-state index in [-0.39, 0.29) is 18.3 Å². The van der Waals surface area contributed by atoms with Gasteiger partial charge in [-0.2, -0.15) is 0 Å². The summed E-state index contributed by atoms with van der Waals surface area (Å²) < 4.78 is 13.7. The van der Waals surface area contributed by atoms with Crippen molar-refractivity contribution in [3.63, 3.8) is 0 Å². The van der Waals surface area contributed by atoms with Gasteiger partial charge in [0, 0.05) is 0 Å². The average Bonchev–Trinajstić information content (AvgIpc) is 2.71. The molecule has 154 valence electrons. The fourth-order valence-corrected chi connectivity index (χ4v) is 3.13. The Labute approximate surface area is 172 Å². The van der Waals surface area contributed by atoms with Gasteiger partial charge in [0.05, 0.1) is 12.7 Å². The highest BCUT2D eigenvalue weighted by atomic mass is 19.1. The van der Waals surface area contributed by atoms with Gasteiger partial charge in [-0.1, -0.05) is 69.0 Å². The quantitative estimate of drug-likeness (QED) is 0.396. The Balaban J connectivity index is 2.29. The van der Waals surface area contributed by atoms with Crippen LogP contribution in [0, 0.1) is 11.7 Å². The van der Waals surface area contributed by atoms with Crippen molar-refractivity contribution in [2.24, 2.45) is 5.92 Å². The van der Waals surface area contributed by atoms with Crippen molar-refractivity contribution in [3.05, 3.63) is 89.3 Å². The van der Waals surface area contributed by atoms with E-state index in [2.05, 4.69) is 6.58 Å². The number of aromatic hydroxyl groups is 1. The Morgan fingerprint density at radius 3 is 2.41 bits per heavy atom. The monoisotopic (exact) mass is 396 g/mol. The molecule has 2 aromatic carbocycles. The predicted octanol–water partition coefficient (Wildman–Crippen LogP) is 5.34. The van der Waals surface area contributed by atoms with Gasteiger partial charge in [-0.3, -0.25) is 0 Å². The van der Waals surface area contributed by atoms with E-state index in [0.717, 1.165) is 16.7 Å². The number of rotatable bonds is 9. The summed E-state index contributed by atoms with van der Waals surface area (Å²) in [4.78, 5) is 0. The number of allylic oxidation sites excluding steroid dienone is 1. The lowest BCUT2D eigenvalue weighted by molar-refractivity contribution is 0.201. The van der Waals surface area contributed by atoms with Crippen molar-refractivity contribution in [3.8, 4) is 5.75 Å². The van der Waals surface area contributed by atoms with Gasteiger partial charge in [0.1, 0.15) is 0 Å². The number of phenolic OH excluding ortho intramolecular Hbond substituents is 1. The van der Waals surface area contributed by atoms with Crippen LogP contribution in [-0.4, -0.2) is 28.0 Å². The summed E-state index contributed by atoms with van der Waals surface area (Å²) >= 11 is 0. The topological polar surface area (TPSA) is 60.7 Å². The molecular weight excluding hydrogens is 367 g/mol. The number of hydrogen-bond donors (Lipinski definition) is 3. The number of aliphatic hydroxyl groups is 2. The van der Waals surface area contributed by atoms with E-state index in [1.165, 1.54) is 12.1 Å². The van der Waals surface area contributed by atoms with Crippen LogP contribution in [0.25, 0.3) is 11.6 Å². The van der Waals surface area contributed by atoms with Crippen LogP contribution >= 0.6 is 0 Å². The summed E-state index contributed by atoms with van der Waals surface area (Å²) in [6.45, 7) is 7.88. The smallest absolute Gasteiger partial charge is 0.165 e. The molecule has 0 saturated heterocycles. The first-order chi connectivity index (χ1) is 13.8. The molecule has 3 N–H and O–H groups in total. The number of hydrogen-bond acceptors (Lipinski definition) is 3. The first-order valence-electron chi connectivity index (χ1n) is 9.76. The van der Waals surface area contributed by atoms with Crippen LogP contribution in [0.4, 0.5) is 4.39 Å². The predicted molar refractivity (Wildman–Crippen MR) is 117 cm³/mol. The lowest BCUT2D eigenvalue weighted by Gasteiger charge is -2.20. The van der Waals surface area contributed by atoms with Crippen LogP contribution in [0.3, 0.4) is 0 Å². The summed E-state index contributed by atoms with van der Waals surface area (Å²) in [5, 5.41) is 29.5. The zero-order valence-electron chi connectivity index (χ0n) is 17.0. The number of phenols is 1. The van der Waals surface area contributed by atoms with Crippen molar-refractivity contribution in [2.45, 2.75) is 32.8 Å². The first-order valence-corrected chi connectivity index (χ1v) is 9.76. The molecule has 1 atom stereocenters. The summed E-state index contributed by atoms with van der Waals surface area (Å²) in [6, 6.07) is 14.0. The van der Waals surface area contributed by atoms with Crippen LogP contribution in [-0.2, 0) is 0 Å². The zero-order valence-corrected chi connectivity index (χ0v) is 17.0. The second kappa shape index (κ2) is 10.7. The lowest BCUT2D eigenvalue weighted by Crippen LogP contribution is -2.15. The molecule has 0 aliphatic carbocycles. The molecule has 0 amide bonds. The molecule has 0 heterocycles.